The maximum Gasteiger partial charge on any atom is 0.149 e. The number of fused-ring (bicyclic) bond motifs is 1. The predicted octanol–water partition coefficient (Wildman–Crippen LogP) is 0.811. The summed E-state index contributed by atoms with van der Waals surface area (Å²) >= 11 is 0. The molecule has 0 amide bonds. The van der Waals surface area contributed by atoms with Gasteiger partial charge in [0, 0.05) is 31.1 Å². The van der Waals surface area contributed by atoms with E-state index >= 15 is 0 Å². The van der Waals surface area contributed by atoms with Gasteiger partial charge in [-0.2, -0.15) is 0 Å². The summed E-state index contributed by atoms with van der Waals surface area (Å²) in [5.41, 5.74) is 8.23. The van der Waals surface area contributed by atoms with Crippen LogP contribution in [0.15, 0.2) is 24.3 Å². The maximum atomic E-state index is 11.3. The lowest BCUT2D eigenvalue weighted by Crippen LogP contribution is -2.46. The zero-order valence-corrected chi connectivity index (χ0v) is 11.5. The highest BCUT2D eigenvalue weighted by molar-refractivity contribution is 7.90. The van der Waals surface area contributed by atoms with Crippen LogP contribution in [0, 0.1) is 0 Å². The predicted molar refractivity (Wildman–Crippen MR) is 74.7 cm³/mol. The molecule has 0 aromatic heterocycles. The Morgan fingerprint density at radius 1 is 1.39 bits per heavy atom. The first-order valence-electron chi connectivity index (χ1n) is 6.23. The molecule has 2 N–H and O–H groups in total. The van der Waals surface area contributed by atoms with Gasteiger partial charge in [0.25, 0.3) is 0 Å². The molecule has 18 heavy (non-hydrogen) atoms. The van der Waals surface area contributed by atoms with Gasteiger partial charge < -0.3 is 10.6 Å². The van der Waals surface area contributed by atoms with Gasteiger partial charge in [-0.3, -0.25) is 0 Å². The van der Waals surface area contributed by atoms with E-state index in [0.717, 1.165) is 18.5 Å². The van der Waals surface area contributed by atoms with E-state index in [2.05, 4.69) is 17.0 Å². The van der Waals surface area contributed by atoms with E-state index in [0.29, 0.717) is 13.1 Å². The van der Waals surface area contributed by atoms with Crippen molar-refractivity contribution in [1.82, 2.24) is 0 Å². The number of anilines is 1. The van der Waals surface area contributed by atoms with E-state index in [1.165, 1.54) is 11.8 Å². The zero-order valence-electron chi connectivity index (χ0n) is 10.7. The van der Waals surface area contributed by atoms with E-state index in [1.54, 1.807) is 0 Å². The quantitative estimate of drug-likeness (QED) is 0.878. The van der Waals surface area contributed by atoms with E-state index in [9.17, 15) is 8.42 Å². The van der Waals surface area contributed by atoms with Gasteiger partial charge in [0.05, 0.1) is 5.75 Å². The van der Waals surface area contributed by atoms with E-state index in [1.807, 2.05) is 12.1 Å². The second-order valence-corrected chi connectivity index (χ2v) is 7.14. The van der Waals surface area contributed by atoms with Crippen molar-refractivity contribution < 1.29 is 8.42 Å². The molecule has 0 fully saturated rings. The molecule has 5 heteroatoms. The maximum absolute atomic E-state index is 11.3. The number of rotatable bonds is 4. The molecule has 1 atom stereocenters. The van der Waals surface area contributed by atoms with Crippen molar-refractivity contribution in [2.75, 3.05) is 30.0 Å². The first-order chi connectivity index (χ1) is 8.51. The van der Waals surface area contributed by atoms with Gasteiger partial charge in [0.15, 0.2) is 0 Å². The van der Waals surface area contributed by atoms with E-state index < -0.39 is 9.84 Å². The Kier molecular flexibility index (Phi) is 3.92. The van der Waals surface area contributed by atoms with Crippen LogP contribution in [0.25, 0.3) is 0 Å². The summed E-state index contributed by atoms with van der Waals surface area (Å²) in [7, 11) is -2.94. The molecule has 0 bridgehead atoms. The number of nitrogens with two attached hydrogens (primary N) is 1. The van der Waals surface area contributed by atoms with Crippen molar-refractivity contribution in [2.45, 2.75) is 18.9 Å². The molecule has 1 aromatic carbocycles. The van der Waals surface area contributed by atoms with Crippen LogP contribution in [0.4, 0.5) is 5.69 Å². The van der Waals surface area contributed by atoms with Crippen LogP contribution in [-0.2, 0) is 16.3 Å². The molecule has 4 nitrogen and oxygen atoms in total. The molecule has 1 aliphatic heterocycles. The molecule has 1 aromatic rings. The van der Waals surface area contributed by atoms with Crippen molar-refractivity contribution in [3.05, 3.63) is 29.8 Å². The van der Waals surface area contributed by atoms with Crippen molar-refractivity contribution in [1.29, 1.82) is 0 Å². The second-order valence-electron chi connectivity index (χ2n) is 4.88. The number of benzene rings is 1. The van der Waals surface area contributed by atoms with Crippen molar-refractivity contribution in [2.24, 2.45) is 5.73 Å². The van der Waals surface area contributed by atoms with Crippen LogP contribution < -0.4 is 10.6 Å². The molecule has 1 heterocycles. The summed E-state index contributed by atoms with van der Waals surface area (Å²) in [5.74, 6) is 0.178. The number of hydrogen-bond acceptors (Lipinski definition) is 4. The third-order valence-corrected chi connectivity index (χ3v) is 4.39. The summed E-state index contributed by atoms with van der Waals surface area (Å²) < 4.78 is 22.6. The first kappa shape index (κ1) is 13.4. The zero-order chi connectivity index (χ0) is 13.2. The highest BCUT2D eigenvalue weighted by Gasteiger charge is 2.25. The summed E-state index contributed by atoms with van der Waals surface area (Å²) in [4.78, 5) is 2.15. The van der Waals surface area contributed by atoms with E-state index in [-0.39, 0.29) is 11.8 Å². The minimum atomic E-state index is -2.94. The van der Waals surface area contributed by atoms with Crippen LogP contribution in [0.3, 0.4) is 0 Å². The first-order valence-corrected chi connectivity index (χ1v) is 8.29. The fourth-order valence-electron chi connectivity index (χ4n) is 2.49. The number of aryl methyl sites for hydroxylation is 1. The van der Waals surface area contributed by atoms with Gasteiger partial charge in [0.2, 0.25) is 0 Å². The van der Waals surface area contributed by atoms with Crippen LogP contribution in [0.5, 0.6) is 0 Å². The summed E-state index contributed by atoms with van der Waals surface area (Å²) in [6.45, 7) is 1.09. The van der Waals surface area contributed by atoms with Crippen molar-refractivity contribution in [3.8, 4) is 0 Å². The Hall–Kier alpha value is -1.07. The van der Waals surface area contributed by atoms with Crippen LogP contribution in [-0.4, -0.2) is 39.6 Å². The highest BCUT2D eigenvalue weighted by atomic mass is 32.2. The molecular formula is C13H20N2O2S. The minimum Gasteiger partial charge on any atom is -0.366 e. The van der Waals surface area contributed by atoms with Gasteiger partial charge in [-0.15, -0.1) is 0 Å². The lowest BCUT2D eigenvalue weighted by molar-refractivity contribution is 0.539. The van der Waals surface area contributed by atoms with Gasteiger partial charge in [-0.05, 0) is 24.5 Å². The Morgan fingerprint density at radius 3 is 2.78 bits per heavy atom. The molecule has 0 saturated carbocycles. The number of sulfone groups is 1. The van der Waals surface area contributed by atoms with Crippen molar-refractivity contribution in [3.63, 3.8) is 0 Å². The normalized spacial score (nSPS) is 19.7. The molecule has 0 radical (unpaired) electrons. The van der Waals surface area contributed by atoms with Gasteiger partial charge >= 0.3 is 0 Å². The monoisotopic (exact) mass is 268 g/mol. The smallest absolute Gasteiger partial charge is 0.149 e. The molecular weight excluding hydrogens is 248 g/mol. The fourth-order valence-corrected chi connectivity index (χ4v) is 3.02. The lowest BCUT2D eigenvalue weighted by Gasteiger charge is -2.38. The largest absolute Gasteiger partial charge is 0.366 e. The van der Waals surface area contributed by atoms with Gasteiger partial charge in [-0.25, -0.2) is 8.42 Å². The van der Waals surface area contributed by atoms with Gasteiger partial charge in [-0.1, -0.05) is 18.2 Å². The number of para-hydroxylation sites is 1. The molecule has 1 aliphatic rings. The summed E-state index contributed by atoms with van der Waals surface area (Å²) in [6.07, 6.45) is 3.30. The average molecular weight is 268 g/mol. The topological polar surface area (TPSA) is 63.4 Å². The highest BCUT2D eigenvalue weighted by Crippen LogP contribution is 2.29. The van der Waals surface area contributed by atoms with E-state index in [4.69, 9.17) is 5.73 Å². The second kappa shape index (κ2) is 5.28. The Balaban J connectivity index is 2.23. The Labute approximate surface area is 109 Å². The van der Waals surface area contributed by atoms with Crippen LogP contribution in [0.2, 0.25) is 0 Å². The third kappa shape index (κ3) is 3.03. The minimum absolute atomic E-state index is 0.178. The molecule has 100 valence electrons. The number of nitrogens with zero attached hydrogens (tertiary/aromatic N) is 1. The molecule has 0 aliphatic carbocycles. The SMILES string of the molecule is CS(=O)(=O)CCN1c2ccccc2CCC1CN. The average Bonchev–Trinajstić information content (AvgIpc) is 2.34. The van der Waals surface area contributed by atoms with Gasteiger partial charge in [0.1, 0.15) is 9.84 Å². The van der Waals surface area contributed by atoms with Crippen LogP contribution >= 0.6 is 0 Å². The lowest BCUT2D eigenvalue weighted by atomic mass is 9.96. The molecule has 2 rings (SSSR count). The Morgan fingerprint density at radius 2 is 2.11 bits per heavy atom. The summed E-state index contributed by atoms with van der Waals surface area (Å²) in [5, 5.41) is 0. The molecule has 0 saturated heterocycles. The van der Waals surface area contributed by atoms with Crippen molar-refractivity contribution >= 4 is 15.5 Å². The Bertz CT molecular complexity index is 513. The molecule has 0 spiro atoms. The third-order valence-electron chi connectivity index (χ3n) is 3.46. The van der Waals surface area contributed by atoms with Crippen LogP contribution in [0.1, 0.15) is 12.0 Å². The number of hydrogen-bond donors (Lipinski definition) is 1. The fraction of sp³-hybridized carbons (Fsp3) is 0.538. The summed E-state index contributed by atoms with van der Waals surface area (Å²) in [6, 6.07) is 8.43. The molecule has 1 unspecified atom stereocenters. The standard InChI is InChI=1S/C13H20N2O2S/c1-18(16,17)9-8-15-12(10-14)7-6-11-4-2-3-5-13(11)15/h2-5,12H,6-10,14H2,1H3.